The Kier molecular flexibility index (Phi) is 1.65. The number of rotatable bonds is 0. The van der Waals surface area contributed by atoms with Crippen LogP contribution in [-0.4, -0.2) is 27.1 Å². The third kappa shape index (κ3) is 0.873. The van der Waals surface area contributed by atoms with Gasteiger partial charge in [0.05, 0.1) is 0 Å². The van der Waals surface area contributed by atoms with Crippen LogP contribution in [0.1, 0.15) is 19.8 Å². The lowest BCUT2D eigenvalue weighted by Crippen LogP contribution is -2.28. The van der Waals surface area contributed by atoms with E-state index in [1.165, 1.54) is 19.4 Å². The van der Waals surface area contributed by atoms with Gasteiger partial charge in [-0.2, -0.15) is 0 Å². The van der Waals surface area contributed by atoms with E-state index in [0.29, 0.717) is 0 Å². The molecule has 2 aliphatic heterocycles. The van der Waals surface area contributed by atoms with E-state index in [-0.39, 0.29) is 0 Å². The van der Waals surface area contributed by atoms with E-state index in [0.717, 1.165) is 15.6 Å². The molecule has 56 valence electrons. The summed E-state index contributed by atoms with van der Waals surface area (Å²) in [4.78, 5) is 2.39. The maximum absolute atomic E-state index is 5.22. The number of thioether (sulfide) groups is 1. The summed E-state index contributed by atoms with van der Waals surface area (Å²) in [6.45, 7) is 3.49. The molecule has 2 saturated heterocycles. The van der Waals surface area contributed by atoms with Gasteiger partial charge < -0.3 is 4.90 Å². The van der Waals surface area contributed by atoms with E-state index in [2.05, 4.69) is 11.8 Å². The fourth-order valence-corrected chi connectivity index (χ4v) is 3.61. The Hall–Kier alpha value is 0.240. The molecule has 2 aliphatic rings. The van der Waals surface area contributed by atoms with Gasteiger partial charge in [-0.25, -0.2) is 0 Å². The Morgan fingerprint density at radius 2 is 2.50 bits per heavy atom. The molecule has 2 atom stereocenters. The first-order valence-electron chi connectivity index (χ1n) is 3.76. The van der Waals surface area contributed by atoms with Crippen molar-refractivity contribution in [3.05, 3.63) is 0 Å². The molecule has 2 rings (SSSR count). The van der Waals surface area contributed by atoms with Gasteiger partial charge in [-0.15, -0.1) is 0 Å². The topological polar surface area (TPSA) is 3.24 Å². The van der Waals surface area contributed by atoms with Crippen LogP contribution in [0.15, 0.2) is 0 Å². The van der Waals surface area contributed by atoms with Crippen molar-refractivity contribution in [1.29, 1.82) is 0 Å². The van der Waals surface area contributed by atoms with Crippen LogP contribution in [0.4, 0.5) is 0 Å². The quantitative estimate of drug-likeness (QED) is 0.515. The van der Waals surface area contributed by atoms with E-state index in [4.69, 9.17) is 12.2 Å². The normalized spacial score (nSPS) is 38.9. The van der Waals surface area contributed by atoms with Crippen LogP contribution < -0.4 is 0 Å². The third-order valence-corrected chi connectivity index (χ3v) is 4.01. The summed E-state index contributed by atoms with van der Waals surface area (Å²) in [7, 11) is 0. The second-order valence-corrected chi connectivity index (χ2v) is 5.00. The van der Waals surface area contributed by atoms with Gasteiger partial charge in [-0.05, 0) is 12.8 Å². The molecule has 10 heavy (non-hydrogen) atoms. The summed E-state index contributed by atoms with van der Waals surface area (Å²) in [5.41, 5.74) is 0. The zero-order valence-corrected chi connectivity index (χ0v) is 7.67. The lowest BCUT2D eigenvalue weighted by atomic mass is 10.2. The van der Waals surface area contributed by atoms with E-state index in [1.54, 1.807) is 0 Å². The van der Waals surface area contributed by atoms with Gasteiger partial charge in [0.1, 0.15) is 4.32 Å². The zero-order valence-electron chi connectivity index (χ0n) is 6.04. The molecule has 0 saturated carbocycles. The molecule has 0 N–H and O–H groups in total. The van der Waals surface area contributed by atoms with Crippen molar-refractivity contribution in [3.8, 4) is 0 Å². The molecule has 0 aromatic heterocycles. The van der Waals surface area contributed by atoms with Crippen LogP contribution in [0.5, 0.6) is 0 Å². The minimum absolute atomic E-state index is 0.745. The summed E-state index contributed by atoms with van der Waals surface area (Å²) in [6, 6.07) is 0.775. The highest BCUT2D eigenvalue weighted by molar-refractivity contribution is 8.23. The monoisotopic (exact) mass is 173 g/mol. The van der Waals surface area contributed by atoms with E-state index >= 15 is 0 Å². The molecule has 0 spiro atoms. The van der Waals surface area contributed by atoms with Gasteiger partial charge in [-0.1, -0.05) is 30.9 Å². The number of hydrogen-bond acceptors (Lipinski definition) is 2. The predicted octanol–water partition coefficient (Wildman–Crippen LogP) is 1.87. The van der Waals surface area contributed by atoms with Crippen molar-refractivity contribution in [2.24, 2.45) is 0 Å². The summed E-state index contributed by atoms with van der Waals surface area (Å²) < 4.78 is 1.13. The minimum Gasteiger partial charge on any atom is -0.353 e. The van der Waals surface area contributed by atoms with Crippen LogP contribution in [0.3, 0.4) is 0 Å². The van der Waals surface area contributed by atoms with Crippen LogP contribution in [0.2, 0.25) is 0 Å². The van der Waals surface area contributed by atoms with Crippen molar-refractivity contribution < 1.29 is 0 Å². The van der Waals surface area contributed by atoms with Crippen LogP contribution >= 0.6 is 24.0 Å². The van der Waals surface area contributed by atoms with Crippen LogP contribution in [0.25, 0.3) is 0 Å². The van der Waals surface area contributed by atoms with E-state index in [1.807, 2.05) is 11.8 Å². The first kappa shape index (κ1) is 6.92. The summed E-state index contributed by atoms with van der Waals surface area (Å²) >= 11 is 7.09. The lowest BCUT2D eigenvalue weighted by Gasteiger charge is -2.16. The fourth-order valence-electron chi connectivity index (χ4n) is 1.81. The van der Waals surface area contributed by atoms with Crippen molar-refractivity contribution in [3.63, 3.8) is 0 Å². The maximum atomic E-state index is 5.22. The van der Waals surface area contributed by atoms with Crippen molar-refractivity contribution in [1.82, 2.24) is 4.90 Å². The van der Waals surface area contributed by atoms with Crippen molar-refractivity contribution in [2.75, 3.05) is 6.54 Å². The molecule has 0 amide bonds. The average Bonchev–Trinajstić information content (AvgIpc) is 2.39. The number of nitrogens with zero attached hydrogens (tertiary/aromatic N) is 1. The Morgan fingerprint density at radius 1 is 1.70 bits per heavy atom. The molecular formula is C7H11NS2. The molecule has 1 nitrogen and oxygen atoms in total. The molecule has 0 aromatic carbocycles. The standard InChI is InChI=1S/C7H11NS2/c1-5-6-3-2-4-8(6)7(9)10-5/h5-6H,2-4H2,1H3/t5-,6+/m1/s1. The van der Waals surface area contributed by atoms with Gasteiger partial charge >= 0.3 is 0 Å². The Bertz CT molecular complexity index is 169. The minimum atomic E-state index is 0.745. The fraction of sp³-hybridized carbons (Fsp3) is 0.857. The van der Waals surface area contributed by atoms with Gasteiger partial charge in [0, 0.05) is 17.8 Å². The van der Waals surface area contributed by atoms with Crippen LogP contribution in [-0.2, 0) is 0 Å². The second kappa shape index (κ2) is 2.38. The molecule has 0 aliphatic carbocycles. The summed E-state index contributed by atoms with van der Waals surface area (Å²) in [5.74, 6) is 0. The van der Waals surface area contributed by atoms with Crippen molar-refractivity contribution >= 4 is 28.3 Å². The molecule has 3 heteroatoms. The Balaban J connectivity index is 2.19. The van der Waals surface area contributed by atoms with E-state index in [9.17, 15) is 0 Å². The molecule has 2 fully saturated rings. The highest BCUT2D eigenvalue weighted by atomic mass is 32.2. The molecule has 0 unspecified atom stereocenters. The molecule has 2 heterocycles. The molecule has 0 radical (unpaired) electrons. The average molecular weight is 173 g/mol. The Morgan fingerprint density at radius 3 is 3.20 bits per heavy atom. The highest BCUT2D eigenvalue weighted by Crippen LogP contribution is 2.37. The van der Waals surface area contributed by atoms with Gasteiger partial charge in [0.15, 0.2) is 0 Å². The number of thiocarbonyl (C=S) groups is 1. The number of hydrogen-bond donors (Lipinski definition) is 0. The Labute approximate surface area is 71.2 Å². The molecular weight excluding hydrogens is 162 g/mol. The SMILES string of the molecule is C[C@H]1SC(=S)N2CCC[C@@H]12. The molecule has 0 aromatic rings. The lowest BCUT2D eigenvalue weighted by molar-refractivity contribution is 0.413. The van der Waals surface area contributed by atoms with E-state index < -0.39 is 0 Å². The summed E-state index contributed by atoms with van der Waals surface area (Å²) in [5, 5.41) is 0.745. The first-order valence-corrected chi connectivity index (χ1v) is 5.05. The van der Waals surface area contributed by atoms with Crippen LogP contribution in [0, 0.1) is 0 Å². The summed E-state index contributed by atoms with van der Waals surface area (Å²) in [6.07, 6.45) is 2.70. The maximum Gasteiger partial charge on any atom is 0.136 e. The highest BCUT2D eigenvalue weighted by Gasteiger charge is 2.38. The smallest absolute Gasteiger partial charge is 0.136 e. The predicted molar refractivity (Wildman–Crippen MR) is 49.4 cm³/mol. The number of fused-ring (bicyclic) bond motifs is 1. The van der Waals surface area contributed by atoms with Crippen molar-refractivity contribution in [2.45, 2.75) is 31.1 Å². The zero-order chi connectivity index (χ0) is 7.14. The second-order valence-electron chi connectivity index (χ2n) is 2.99. The van der Waals surface area contributed by atoms with Gasteiger partial charge in [-0.3, -0.25) is 0 Å². The molecule has 0 bridgehead atoms. The third-order valence-electron chi connectivity index (χ3n) is 2.36. The largest absolute Gasteiger partial charge is 0.353 e. The first-order chi connectivity index (χ1) is 4.79. The van der Waals surface area contributed by atoms with Gasteiger partial charge in [0.2, 0.25) is 0 Å². The van der Waals surface area contributed by atoms with Gasteiger partial charge in [0.25, 0.3) is 0 Å².